The first-order valence-electron chi connectivity index (χ1n) is 7.71. The van der Waals surface area contributed by atoms with Crippen LogP contribution in [-0.4, -0.2) is 42.4 Å². The minimum atomic E-state index is 0.263. The Balaban J connectivity index is 2.02. The molecule has 2 rings (SSSR count). The molecule has 4 heteroatoms. The lowest BCUT2D eigenvalue weighted by Crippen LogP contribution is -2.49. The number of nitrogens with zero attached hydrogens (tertiary/aromatic N) is 2. The molecule has 21 heavy (non-hydrogen) atoms. The van der Waals surface area contributed by atoms with Crippen molar-refractivity contribution in [3.05, 3.63) is 34.9 Å². The van der Waals surface area contributed by atoms with Gasteiger partial charge in [0.25, 0.3) is 0 Å². The average Bonchev–Trinajstić information content (AvgIpc) is 2.46. The molecule has 0 aromatic heterocycles. The topological polar surface area (TPSA) is 23.6 Å². The van der Waals surface area contributed by atoms with Gasteiger partial charge in [0.15, 0.2) is 0 Å². The van der Waals surface area contributed by atoms with Crippen molar-refractivity contribution in [2.45, 2.75) is 32.7 Å². The second kappa shape index (κ2) is 7.28. The maximum Gasteiger partial charge on any atom is 0.222 e. The Morgan fingerprint density at radius 3 is 2.57 bits per heavy atom. The molecule has 0 N–H and O–H groups in total. The Morgan fingerprint density at radius 2 is 1.95 bits per heavy atom. The Kier molecular flexibility index (Phi) is 5.65. The van der Waals surface area contributed by atoms with Gasteiger partial charge in [-0.15, -0.1) is 0 Å². The number of hydrogen-bond acceptors (Lipinski definition) is 2. The third kappa shape index (κ3) is 4.45. The third-order valence-electron chi connectivity index (χ3n) is 4.19. The Bertz CT molecular complexity index is 472. The molecule has 0 radical (unpaired) electrons. The van der Waals surface area contributed by atoms with E-state index in [4.69, 9.17) is 11.6 Å². The van der Waals surface area contributed by atoms with Crippen molar-refractivity contribution in [2.24, 2.45) is 5.92 Å². The zero-order valence-electron chi connectivity index (χ0n) is 13.2. The number of halogens is 1. The van der Waals surface area contributed by atoms with E-state index in [1.54, 1.807) is 0 Å². The summed E-state index contributed by atoms with van der Waals surface area (Å²) in [5, 5.41) is 0.752. The summed E-state index contributed by atoms with van der Waals surface area (Å²) in [5.41, 5.74) is 1.23. The third-order valence-corrected chi connectivity index (χ3v) is 4.44. The standard InChI is InChI=1S/C17H25ClN2O/c1-13(2)4-9-17(21)20-11-10-19(3)16(12-20)14-5-7-15(18)8-6-14/h5-8,13,16H,4,9-12H2,1-3H3/t16-/m0/s1. The van der Waals surface area contributed by atoms with Gasteiger partial charge in [-0.1, -0.05) is 37.6 Å². The Morgan fingerprint density at radius 1 is 1.29 bits per heavy atom. The summed E-state index contributed by atoms with van der Waals surface area (Å²) in [6.45, 7) is 6.84. The molecule has 1 heterocycles. The molecule has 1 aliphatic rings. The van der Waals surface area contributed by atoms with E-state index >= 15 is 0 Å². The minimum Gasteiger partial charge on any atom is -0.339 e. The highest BCUT2D eigenvalue weighted by Crippen LogP contribution is 2.25. The van der Waals surface area contributed by atoms with E-state index in [-0.39, 0.29) is 11.9 Å². The van der Waals surface area contributed by atoms with E-state index in [9.17, 15) is 4.79 Å². The molecule has 0 unspecified atom stereocenters. The smallest absolute Gasteiger partial charge is 0.222 e. The number of rotatable bonds is 4. The fraction of sp³-hybridized carbons (Fsp3) is 0.588. The summed E-state index contributed by atoms with van der Waals surface area (Å²) in [7, 11) is 2.12. The number of hydrogen-bond donors (Lipinski definition) is 0. The lowest BCUT2D eigenvalue weighted by molar-refractivity contribution is -0.134. The maximum absolute atomic E-state index is 12.3. The van der Waals surface area contributed by atoms with Crippen LogP contribution >= 0.6 is 11.6 Å². The fourth-order valence-corrected chi connectivity index (χ4v) is 2.84. The predicted octanol–water partition coefficient (Wildman–Crippen LogP) is 3.59. The normalized spacial score (nSPS) is 20.0. The zero-order valence-corrected chi connectivity index (χ0v) is 13.9. The molecule has 0 spiro atoms. The van der Waals surface area contributed by atoms with E-state index in [0.29, 0.717) is 12.3 Å². The van der Waals surface area contributed by atoms with E-state index in [0.717, 1.165) is 31.1 Å². The second-order valence-electron chi connectivity index (χ2n) is 6.32. The van der Waals surface area contributed by atoms with Crippen molar-refractivity contribution in [1.29, 1.82) is 0 Å². The van der Waals surface area contributed by atoms with Crippen LogP contribution in [0, 0.1) is 5.92 Å². The van der Waals surface area contributed by atoms with E-state index in [2.05, 4.69) is 37.9 Å². The first kappa shape index (κ1) is 16.3. The van der Waals surface area contributed by atoms with Crippen molar-refractivity contribution < 1.29 is 4.79 Å². The molecule has 116 valence electrons. The van der Waals surface area contributed by atoms with Gasteiger partial charge in [-0.2, -0.15) is 0 Å². The summed E-state index contributed by atoms with van der Waals surface area (Å²) in [6.07, 6.45) is 1.63. The van der Waals surface area contributed by atoms with Crippen LogP contribution in [0.5, 0.6) is 0 Å². The van der Waals surface area contributed by atoms with Crippen LogP contribution in [0.1, 0.15) is 38.3 Å². The van der Waals surface area contributed by atoms with Gasteiger partial charge in [0.1, 0.15) is 0 Å². The quantitative estimate of drug-likeness (QED) is 0.848. The fourth-order valence-electron chi connectivity index (χ4n) is 2.72. The van der Waals surface area contributed by atoms with Gasteiger partial charge >= 0.3 is 0 Å². The van der Waals surface area contributed by atoms with E-state index in [1.807, 2.05) is 17.0 Å². The van der Waals surface area contributed by atoms with Crippen LogP contribution in [-0.2, 0) is 4.79 Å². The van der Waals surface area contributed by atoms with E-state index < -0.39 is 0 Å². The molecule has 0 saturated carbocycles. The van der Waals surface area contributed by atoms with Gasteiger partial charge in [0.2, 0.25) is 5.91 Å². The molecule has 1 atom stereocenters. The average molecular weight is 309 g/mol. The lowest BCUT2D eigenvalue weighted by atomic mass is 10.0. The number of amides is 1. The van der Waals surface area contributed by atoms with Crippen molar-refractivity contribution in [3.8, 4) is 0 Å². The largest absolute Gasteiger partial charge is 0.339 e. The second-order valence-corrected chi connectivity index (χ2v) is 6.76. The highest BCUT2D eigenvalue weighted by atomic mass is 35.5. The summed E-state index contributed by atoms with van der Waals surface area (Å²) in [4.78, 5) is 16.7. The molecule has 0 bridgehead atoms. The molecule has 1 fully saturated rings. The minimum absolute atomic E-state index is 0.263. The number of carbonyl (C=O) groups is 1. The number of benzene rings is 1. The van der Waals surface area contributed by atoms with Crippen LogP contribution < -0.4 is 0 Å². The number of likely N-dealkylation sites (N-methyl/N-ethyl adjacent to an activating group) is 1. The van der Waals surface area contributed by atoms with Crippen LogP contribution in [0.25, 0.3) is 0 Å². The van der Waals surface area contributed by atoms with Crippen molar-refractivity contribution >= 4 is 17.5 Å². The van der Waals surface area contributed by atoms with Crippen LogP contribution in [0.3, 0.4) is 0 Å². The van der Waals surface area contributed by atoms with E-state index in [1.165, 1.54) is 5.56 Å². The van der Waals surface area contributed by atoms with Crippen molar-refractivity contribution in [3.63, 3.8) is 0 Å². The van der Waals surface area contributed by atoms with Gasteiger partial charge in [-0.3, -0.25) is 9.69 Å². The first-order chi connectivity index (χ1) is 9.97. The van der Waals surface area contributed by atoms with Crippen LogP contribution in [0.2, 0.25) is 5.02 Å². The van der Waals surface area contributed by atoms with Gasteiger partial charge in [0.05, 0.1) is 6.04 Å². The van der Waals surface area contributed by atoms with Gasteiger partial charge < -0.3 is 4.90 Å². The Labute approximate surface area is 132 Å². The number of carbonyl (C=O) groups excluding carboxylic acids is 1. The summed E-state index contributed by atoms with van der Waals surface area (Å²) in [6, 6.07) is 8.23. The molecule has 1 aromatic carbocycles. The predicted molar refractivity (Wildman–Crippen MR) is 87.5 cm³/mol. The molecule has 1 aromatic rings. The summed E-state index contributed by atoms with van der Waals surface area (Å²) < 4.78 is 0. The molecule has 0 aliphatic carbocycles. The van der Waals surface area contributed by atoms with Crippen molar-refractivity contribution in [2.75, 3.05) is 26.7 Å². The maximum atomic E-state index is 12.3. The highest BCUT2D eigenvalue weighted by molar-refractivity contribution is 6.30. The van der Waals surface area contributed by atoms with Crippen LogP contribution in [0.15, 0.2) is 24.3 Å². The summed E-state index contributed by atoms with van der Waals surface area (Å²) >= 11 is 5.96. The van der Waals surface area contributed by atoms with Crippen molar-refractivity contribution in [1.82, 2.24) is 9.80 Å². The molecule has 3 nitrogen and oxygen atoms in total. The first-order valence-corrected chi connectivity index (χ1v) is 8.08. The lowest BCUT2D eigenvalue weighted by Gasteiger charge is -2.40. The van der Waals surface area contributed by atoms with Gasteiger partial charge in [-0.05, 0) is 37.1 Å². The SMILES string of the molecule is CC(C)CCC(=O)N1CCN(C)[C@H](c2ccc(Cl)cc2)C1. The highest BCUT2D eigenvalue weighted by Gasteiger charge is 2.28. The van der Waals surface area contributed by atoms with Gasteiger partial charge in [0, 0.05) is 31.1 Å². The van der Waals surface area contributed by atoms with Gasteiger partial charge in [-0.25, -0.2) is 0 Å². The monoisotopic (exact) mass is 308 g/mol. The zero-order chi connectivity index (χ0) is 15.4. The van der Waals surface area contributed by atoms with Crippen LogP contribution in [0.4, 0.5) is 0 Å². The summed E-state index contributed by atoms with van der Waals surface area (Å²) in [5.74, 6) is 0.865. The number of piperazine rings is 1. The molecular formula is C17H25ClN2O. The molecule has 1 aliphatic heterocycles. The Hall–Kier alpha value is -1.06. The molecule has 1 amide bonds. The molecular weight excluding hydrogens is 284 g/mol. The molecule has 1 saturated heterocycles.